The molecule has 3 amide bonds. The zero-order valence-electron chi connectivity index (χ0n) is 13.5. The van der Waals surface area contributed by atoms with Crippen molar-refractivity contribution < 1.29 is 23.9 Å². The molecule has 1 rings (SSSR count). The number of nitrogens with one attached hydrogen (secondary N) is 2. The number of carbonyl (C=O) groups is 3. The van der Waals surface area contributed by atoms with Crippen LogP contribution in [0, 0.1) is 0 Å². The SMILES string of the molecule is CC(C)NC(=O)NC(=O)[C@@H](C)OC(=O)CCOc1ccccc1. The molecular weight excluding hydrogens is 300 g/mol. The van der Waals surface area contributed by atoms with Crippen molar-refractivity contribution in [3.63, 3.8) is 0 Å². The Kier molecular flexibility index (Phi) is 7.59. The largest absolute Gasteiger partial charge is 0.493 e. The van der Waals surface area contributed by atoms with E-state index in [0.29, 0.717) is 5.75 Å². The molecular formula is C16H22N2O5. The smallest absolute Gasteiger partial charge is 0.321 e. The van der Waals surface area contributed by atoms with Gasteiger partial charge in [0.25, 0.3) is 5.91 Å². The lowest BCUT2D eigenvalue weighted by Gasteiger charge is -2.14. The molecule has 0 aliphatic heterocycles. The van der Waals surface area contributed by atoms with E-state index in [9.17, 15) is 14.4 Å². The van der Waals surface area contributed by atoms with Crippen molar-refractivity contribution in [2.75, 3.05) is 6.61 Å². The molecule has 0 aromatic heterocycles. The maximum atomic E-state index is 11.7. The number of hydrogen-bond acceptors (Lipinski definition) is 5. The van der Waals surface area contributed by atoms with Crippen LogP contribution in [-0.4, -0.2) is 36.7 Å². The molecule has 7 nitrogen and oxygen atoms in total. The van der Waals surface area contributed by atoms with Gasteiger partial charge in [0, 0.05) is 6.04 Å². The monoisotopic (exact) mass is 322 g/mol. The lowest BCUT2D eigenvalue weighted by Crippen LogP contribution is -2.46. The Morgan fingerprint density at radius 2 is 1.74 bits per heavy atom. The Bertz CT molecular complexity index is 531. The van der Waals surface area contributed by atoms with Gasteiger partial charge in [-0.25, -0.2) is 4.79 Å². The molecule has 0 spiro atoms. The summed E-state index contributed by atoms with van der Waals surface area (Å²) in [5.41, 5.74) is 0. The highest BCUT2D eigenvalue weighted by Gasteiger charge is 2.20. The highest BCUT2D eigenvalue weighted by Crippen LogP contribution is 2.08. The molecule has 0 heterocycles. The van der Waals surface area contributed by atoms with Gasteiger partial charge in [0.05, 0.1) is 13.0 Å². The number of hydrogen-bond donors (Lipinski definition) is 2. The van der Waals surface area contributed by atoms with E-state index in [4.69, 9.17) is 9.47 Å². The van der Waals surface area contributed by atoms with Gasteiger partial charge in [0.15, 0.2) is 6.10 Å². The van der Waals surface area contributed by atoms with Crippen LogP contribution in [0.2, 0.25) is 0 Å². The fraction of sp³-hybridized carbons (Fsp3) is 0.438. The van der Waals surface area contributed by atoms with Crippen molar-refractivity contribution >= 4 is 17.9 Å². The minimum atomic E-state index is -1.06. The third-order valence-electron chi connectivity index (χ3n) is 2.65. The average molecular weight is 322 g/mol. The predicted molar refractivity (Wildman–Crippen MR) is 83.9 cm³/mol. The van der Waals surface area contributed by atoms with Crippen LogP contribution in [0.1, 0.15) is 27.2 Å². The number of rotatable bonds is 7. The molecule has 2 N–H and O–H groups in total. The first-order chi connectivity index (χ1) is 10.9. The van der Waals surface area contributed by atoms with Crippen LogP contribution in [0.25, 0.3) is 0 Å². The predicted octanol–water partition coefficient (Wildman–Crippen LogP) is 1.62. The Morgan fingerprint density at radius 1 is 1.09 bits per heavy atom. The van der Waals surface area contributed by atoms with Gasteiger partial charge in [-0.05, 0) is 32.9 Å². The van der Waals surface area contributed by atoms with Crippen LogP contribution in [0.3, 0.4) is 0 Å². The van der Waals surface area contributed by atoms with Gasteiger partial charge in [-0.3, -0.25) is 14.9 Å². The Morgan fingerprint density at radius 3 is 2.35 bits per heavy atom. The summed E-state index contributed by atoms with van der Waals surface area (Å²) >= 11 is 0. The van der Waals surface area contributed by atoms with E-state index in [0.717, 1.165) is 0 Å². The molecule has 0 saturated carbocycles. The highest BCUT2D eigenvalue weighted by molar-refractivity contribution is 5.97. The Labute approximate surface area is 135 Å². The zero-order chi connectivity index (χ0) is 17.2. The first-order valence-electron chi connectivity index (χ1n) is 7.37. The molecule has 0 bridgehead atoms. The molecule has 0 unspecified atom stereocenters. The zero-order valence-corrected chi connectivity index (χ0v) is 13.5. The summed E-state index contributed by atoms with van der Waals surface area (Å²) in [5.74, 6) is -0.607. The van der Waals surface area contributed by atoms with Crippen LogP contribution in [-0.2, 0) is 14.3 Å². The van der Waals surface area contributed by atoms with Crippen molar-refractivity contribution in [3.05, 3.63) is 30.3 Å². The minimum Gasteiger partial charge on any atom is -0.493 e. The van der Waals surface area contributed by atoms with Crippen LogP contribution >= 0.6 is 0 Å². The van der Waals surface area contributed by atoms with E-state index in [1.165, 1.54) is 6.92 Å². The third-order valence-corrected chi connectivity index (χ3v) is 2.65. The average Bonchev–Trinajstić information content (AvgIpc) is 2.47. The molecule has 0 fully saturated rings. The van der Waals surface area contributed by atoms with E-state index in [1.807, 2.05) is 18.2 Å². The number of para-hydroxylation sites is 1. The molecule has 0 radical (unpaired) electrons. The summed E-state index contributed by atoms with van der Waals surface area (Å²) in [7, 11) is 0. The van der Waals surface area contributed by atoms with Crippen molar-refractivity contribution in [1.82, 2.24) is 10.6 Å². The summed E-state index contributed by atoms with van der Waals surface area (Å²) in [6.45, 7) is 5.07. The quantitative estimate of drug-likeness (QED) is 0.744. The van der Waals surface area contributed by atoms with Crippen molar-refractivity contribution in [3.8, 4) is 5.75 Å². The first kappa shape index (κ1) is 18.5. The second-order valence-electron chi connectivity index (χ2n) is 5.16. The summed E-state index contributed by atoms with van der Waals surface area (Å²) in [6, 6.07) is 8.32. The van der Waals surface area contributed by atoms with Crippen molar-refractivity contribution in [2.24, 2.45) is 0 Å². The van der Waals surface area contributed by atoms with E-state index in [-0.39, 0.29) is 19.1 Å². The number of esters is 1. The maximum absolute atomic E-state index is 11.7. The summed E-state index contributed by atoms with van der Waals surface area (Å²) < 4.78 is 10.3. The number of benzene rings is 1. The second kappa shape index (κ2) is 9.45. The van der Waals surface area contributed by atoms with Gasteiger partial charge >= 0.3 is 12.0 Å². The summed E-state index contributed by atoms with van der Waals surface area (Å²) in [5, 5.41) is 4.60. The van der Waals surface area contributed by atoms with Gasteiger partial charge in [0.1, 0.15) is 5.75 Å². The van der Waals surface area contributed by atoms with Gasteiger partial charge in [-0.2, -0.15) is 0 Å². The molecule has 1 aromatic carbocycles. The molecule has 23 heavy (non-hydrogen) atoms. The number of amides is 3. The Hall–Kier alpha value is -2.57. The number of carbonyl (C=O) groups excluding carboxylic acids is 3. The fourth-order valence-electron chi connectivity index (χ4n) is 1.59. The lowest BCUT2D eigenvalue weighted by atomic mass is 10.3. The fourth-order valence-corrected chi connectivity index (χ4v) is 1.59. The molecule has 7 heteroatoms. The number of imide groups is 1. The molecule has 0 aliphatic carbocycles. The van der Waals surface area contributed by atoms with Crippen molar-refractivity contribution in [2.45, 2.75) is 39.3 Å². The normalized spacial score (nSPS) is 11.5. The number of ether oxygens (including phenoxy) is 2. The standard InChI is InChI=1S/C16H22N2O5/c1-11(2)17-16(21)18-15(20)12(3)23-14(19)9-10-22-13-7-5-4-6-8-13/h4-8,11-12H,9-10H2,1-3H3,(H2,17,18,20,21)/t12-/m1/s1. The van der Waals surface area contributed by atoms with Gasteiger partial charge in [0.2, 0.25) is 0 Å². The summed E-state index contributed by atoms with van der Waals surface area (Å²) in [6.07, 6.45) is -1.05. The van der Waals surface area contributed by atoms with E-state index >= 15 is 0 Å². The maximum Gasteiger partial charge on any atom is 0.321 e. The van der Waals surface area contributed by atoms with Gasteiger partial charge in [-0.1, -0.05) is 18.2 Å². The Balaban J connectivity index is 2.27. The molecule has 0 saturated heterocycles. The van der Waals surface area contributed by atoms with E-state index in [2.05, 4.69) is 10.6 Å². The first-order valence-corrected chi connectivity index (χ1v) is 7.37. The lowest BCUT2D eigenvalue weighted by molar-refractivity contribution is -0.154. The number of urea groups is 1. The molecule has 0 aliphatic rings. The van der Waals surface area contributed by atoms with Crippen LogP contribution in [0.4, 0.5) is 4.79 Å². The van der Waals surface area contributed by atoms with E-state index < -0.39 is 24.0 Å². The summed E-state index contributed by atoms with van der Waals surface area (Å²) in [4.78, 5) is 34.7. The topological polar surface area (TPSA) is 93.7 Å². The van der Waals surface area contributed by atoms with Crippen LogP contribution < -0.4 is 15.4 Å². The van der Waals surface area contributed by atoms with Gasteiger partial charge < -0.3 is 14.8 Å². The van der Waals surface area contributed by atoms with E-state index in [1.54, 1.807) is 26.0 Å². The second-order valence-corrected chi connectivity index (χ2v) is 5.16. The molecule has 1 aromatic rings. The highest BCUT2D eigenvalue weighted by atomic mass is 16.5. The van der Waals surface area contributed by atoms with Crippen molar-refractivity contribution in [1.29, 1.82) is 0 Å². The van der Waals surface area contributed by atoms with Crippen LogP contribution in [0.15, 0.2) is 30.3 Å². The van der Waals surface area contributed by atoms with Crippen LogP contribution in [0.5, 0.6) is 5.75 Å². The minimum absolute atomic E-state index is 0.00467. The van der Waals surface area contributed by atoms with Gasteiger partial charge in [-0.15, -0.1) is 0 Å². The molecule has 1 atom stereocenters. The third kappa shape index (κ3) is 7.85. The molecule has 126 valence electrons.